The second kappa shape index (κ2) is 4.76. The normalized spacial score (nSPS) is 17.2. The third-order valence-electron chi connectivity index (χ3n) is 3.79. The predicted octanol–water partition coefficient (Wildman–Crippen LogP) is 2.47. The van der Waals surface area contributed by atoms with E-state index in [4.69, 9.17) is 4.74 Å². The highest BCUT2D eigenvalue weighted by Gasteiger charge is 2.39. The minimum absolute atomic E-state index is 0.121. The number of amides is 1. The van der Waals surface area contributed by atoms with E-state index in [1.807, 2.05) is 12.1 Å². The number of anilines is 1. The number of carboxylic acids is 1. The minimum Gasteiger partial charge on any atom is -0.481 e. The summed E-state index contributed by atoms with van der Waals surface area (Å²) < 4.78 is 5.73. The molecule has 0 bridgehead atoms. The van der Waals surface area contributed by atoms with Crippen molar-refractivity contribution in [2.75, 3.05) is 11.9 Å². The van der Waals surface area contributed by atoms with Crippen molar-refractivity contribution in [3.63, 3.8) is 0 Å². The fourth-order valence-electron chi connectivity index (χ4n) is 2.44. The van der Waals surface area contributed by atoms with E-state index in [2.05, 4.69) is 0 Å². The Bertz CT molecular complexity index is 604. The molecule has 0 aliphatic carbocycles. The molecule has 1 amide bonds. The molecule has 1 aliphatic heterocycles. The fraction of sp³-hybridized carbons (Fsp3) is 0.500. The number of benzene rings is 1. The van der Waals surface area contributed by atoms with Crippen LogP contribution in [0, 0.1) is 5.41 Å². The van der Waals surface area contributed by atoms with Crippen LogP contribution in [0.15, 0.2) is 18.2 Å². The van der Waals surface area contributed by atoms with Crippen LogP contribution >= 0.6 is 0 Å². The second-order valence-corrected chi connectivity index (χ2v) is 6.64. The Kier molecular flexibility index (Phi) is 3.48. The van der Waals surface area contributed by atoms with Crippen molar-refractivity contribution in [2.24, 2.45) is 5.41 Å². The Labute approximate surface area is 124 Å². The van der Waals surface area contributed by atoms with Crippen LogP contribution in [0.3, 0.4) is 0 Å². The molecule has 2 rings (SSSR count). The first kappa shape index (κ1) is 15.4. The van der Waals surface area contributed by atoms with Crippen molar-refractivity contribution in [3.05, 3.63) is 23.8 Å². The summed E-state index contributed by atoms with van der Waals surface area (Å²) in [5, 5.41) is 9.21. The summed E-state index contributed by atoms with van der Waals surface area (Å²) in [5.74, 6) is -0.328. The molecule has 0 unspecified atom stereocenters. The van der Waals surface area contributed by atoms with E-state index in [9.17, 15) is 14.7 Å². The summed E-state index contributed by atoms with van der Waals surface area (Å²) in [5.41, 5.74) is -0.197. The fourth-order valence-corrected chi connectivity index (χ4v) is 2.44. The van der Waals surface area contributed by atoms with Gasteiger partial charge in [-0.1, -0.05) is 6.07 Å². The lowest BCUT2D eigenvalue weighted by Crippen LogP contribution is -2.50. The number of fused-ring (bicyclic) bond motifs is 1. The summed E-state index contributed by atoms with van der Waals surface area (Å²) in [6.07, 6.45) is 0.390. The van der Waals surface area contributed by atoms with Crippen LogP contribution in [0.4, 0.5) is 5.69 Å². The topological polar surface area (TPSA) is 66.8 Å². The summed E-state index contributed by atoms with van der Waals surface area (Å²) in [6.45, 7) is 6.83. The van der Waals surface area contributed by atoms with Crippen molar-refractivity contribution in [3.8, 4) is 5.75 Å². The quantitative estimate of drug-likeness (QED) is 0.929. The Morgan fingerprint density at radius 2 is 2.00 bits per heavy atom. The van der Waals surface area contributed by atoms with E-state index in [1.165, 1.54) is 0 Å². The molecule has 5 heteroatoms. The van der Waals surface area contributed by atoms with E-state index in [-0.39, 0.29) is 5.91 Å². The largest absolute Gasteiger partial charge is 0.481 e. The molecule has 0 atom stereocenters. The highest BCUT2D eigenvalue weighted by molar-refractivity contribution is 6.02. The first-order chi connectivity index (χ1) is 9.54. The van der Waals surface area contributed by atoms with Crippen molar-refractivity contribution < 1.29 is 19.4 Å². The monoisotopic (exact) mass is 291 g/mol. The Morgan fingerprint density at radius 1 is 1.38 bits per heavy atom. The molecule has 1 N–H and O–H groups in total. The number of carbonyl (C=O) groups is 2. The molecule has 1 heterocycles. The van der Waals surface area contributed by atoms with E-state index in [1.54, 1.807) is 45.7 Å². The molecule has 0 fully saturated rings. The van der Waals surface area contributed by atoms with Crippen LogP contribution in [0.5, 0.6) is 5.75 Å². The Morgan fingerprint density at radius 3 is 2.57 bits per heavy atom. The first-order valence-corrected chi connectivity index (χ1v) is 6.88. The zero-order valence-electron chi connectivity index (χ0n) is 13.1. The Hall–Kier alpha value is -2.04. The molecular formula is C16H21NO4. The van der Waals surface area contributed by atoms with E-state index >= 15 is 0 Å². The number of hydrogen-bond donors (Lipinski definition) is 1. The number of ether oxygens (including phenoxy) is 1. The van der Waals surface area contributed by atoms with Crippen LogP contribution in [-0.4, -0.2) is 29.6 Å². The SMILES string of the molecule is CN1C(=O)C(C)(C)Oc2ccc(CC(C)(C)C(=O)O)cc21. The van der Waals surface area contributed by atoms with E-state index < -0.39 is 17.0 Å². The van der Waals surface area contributed by atoms with Crippen LogP contribution in [0.25, 0.3) is 0 Å². The number of carbonyl (C=O) groups excluding carboxylic acids is 1. The summed E-state index contributed by atoms with van der Waals surface area (Å²) >= 11 is 0. The summed E-state index contributed by atoms with van der Waals surface area (Å²) in [6, 6.07) is 5.48. The van der Waals surface area contributed by atoms with Crippen molar-refractivity contribution in [2.45, 2.75) is 39.7 Å². The van der Waals surface area contributed by atoms with Gasteiger partial charge >= 0.3 is 5.97 Å². The molecule has 1 aromatic carbocycles. The van der Waals surface area contributed by atoms with Crippen molar-refractivity contribution >= 4 is 17.6 Å². The van der Waals surface area contributed by atoms with Gasteiger partial charge in [-0.05, 0) is 51.8 Å². The molecule has 0 aromatic heterocycles. The summed E-state index contributed by atoms with van der Waals surface area (Å²) in [7, 11) is 1.71. The van der Waals surface area contributed by atoms with Gasteiger partial charge in [-0.15, -0.1) is 0 Å². The smallest absolute Gasteiger partial charge is 0.309 e. The number of hydrogen-bond acceptors (Lipinski definition) is 3. The molecule has 5 nitrogen and oxygen atoms in total. The number of carboxylic acid groups (broad SMARTS) is 1. The molecule has 1 aliphatic rings. The highest BCUT2D eigenvalue weighted by atomic mass is 16.5. The van der Waals surface area contributed by atoms with Gasteiger partial charge in [0.25, 0.3) is 5.91 Å². The molecule has 21 heavy (non-hydrogen) atoms. The molecular weight excluding hydrogens is 270 g/mol. The summed E-state index contributed by atoms with van der Waals surface area (Å²) in [4.78, 5) is 25.0. The zero-order chi connectivity index (χ0) is 16.0. The van der Waals surface area contributed by atoms with Gasteiger partial charge in [0.15, 0.2) is 5.60 Å². The highest BCUT2D eigenvalue weighted by Crippen LogP contribution is 2.38. The third-order valence-corrected chi connectivity index (χ3v) is 3.79. The van der Waals surface area contributed by atoms with Gasteiger partial charge in [0.05, 0.1) is 11.1 Å². The van der Waals surface area contributed by atoms with Gasteiger partial charge in [0, 0.05) is 7.05 Å². The Balaban J connectivity index is 2.37. The maximum absolute atomic E-state index is 12.2. The third kappa shape index (κ3) is 2.73. The zero-order valence-corrected chi connectivity index (χ0v) is 13.1. The van der Waals surface area contributed by atoms with Gasteiger partial charge in [-0.25, -0.2) is 0 Å². The molecule has 114 valence electrons. The number of rotatable bonds is 3. The maximum Gasteiger partial charge on any atom is 0.309 e. The average molecular weight is 291 g/mol. The number of likely N-dealkylation sites (N-methyl/N-ethyl adjacent to an activating group) is 1. The molecule has 1 aromatic rings. The molecule has 0 saturated heterocycles. The standard InChI is InChI=1S/C16H21NO4/c1-15(2,14(19)20)9-10-6-7-12-11(8-10)17(5)13(18)16(3,4)21-12/h6-8H,9H2,1-5H3,(H,19,20). The number of aliphatic carboxylic acids is 1. The molecule has 0 saturated carbocycles. The minimum atomic E-state index is -0.885. The van der Waals surface area contributed by atoms with Gasteiger partial charge in [0.1, 0.15) is 5.75 Å². The predicted molar refractivity (Wildman–Crippen MR) is 79.7 cm³/mol. The van der Waals surface area contributed by atoms with E-state index in [0.29, 0.717) is 17.9 Å². The van der Waals surface area contributed by atoms with Crippen LogP contribution < -0.4 is 9.64 Å². The lowest BCUT2D eigenvalue weighted by atomic mass is 9.85. The second-order valence-electron chi connectivity index (χ2n) is 6.64. The lowest BCUT2D eigenvalue weighted by molar-refractivity contribution is -0.146. The van der Waals surface area contributed by atoms with Crippen LogP contribution in [-0.2, 0) is 16.0 Å². The van der Waals surface area contributed by atoms with Crippen LogP contribution in [0.1, 0.15) is 33.3 Å². The average Bonchev–Trinajstić information content (AvgIpc) is 2.36. The van der Waals surface area contributed by atoms with Gasteiger partial charge in [0.2, 0.25) is 0 Å². The van der Waals surface area contributed by atoms with Crippen molar-refractivity contribution in [1.29, 1.82) is 0 Å². The lowest BCUT2D eigenvalue weighted by Gasteiger charge is -2.37. The maximum atomic E-state index is 12.2. The first-order valence-electron chi connectivity index (χ1n) is 6.88. The number of nitrogens with zero attached hydrogens (tertiary/aromatic N) is 1. The van der Waals surface area contributed by atoms with E-state index in [0.717, 1.165) is 5.56 Å². The van der Waals surface area contributed by atoms with Crippen molar-refractivity contribution in [1.82, 2.24) is 0 Å². The van der Waals surface area contributed by atoms with Gasteiger partial charge in [-0.3, -0.25) is 9.59 Å². The molecule has 0 spiro atoms. The van der Waals surface area contributed by atoms with Gasteiger partial charge in [-0.2, -0.15) is 0 Å². The van der Waals surface area contributed by atoms with Gasteiger partial charge < -0.3 is 14.7 Å². The molecule has 0 radical (unpaired) electrons. The van der Waals surface area contributed by atoms with Crippen LogP contribution in [0.2, 0.25) is 0 Å².